The Morgan fingerprint density at radius 1 is 0.630 bits per heavy atom. The molecule has 14 nitrogen and oxygen atoms in total. The summed E-state index contributed by atoms with van der Waals surface area (Å²) in [7, 11) is 7.07. The Kier molecular flexibility index (Phi) is 11.2. The van der Waals surface area contributed by atoms with E-state index in [1.54, 1.807) is 73.3 Å². The molecular weight excluding hydrogens is 733 g/mol. The summed E-state index contributed by atoms with van der Waals surface area (Å²) in [4.78, 5) is 54.3. The fourth-order valence-corrected chi connectivity index (χ4v) is 7.13. The monoisotopic (exact) mass is 764 g/mol. The number of aromatic nitrogens is 4. The number of esters is 2. The quantitative estimate of drug-likeness (QED) is 0.112. The van der Waals surface area contributed by atoms with Crippen molar-refractivity contribution >= 4 is 72.3 Å². The van der Waals surface area contributed by atoms with Crippen LogP contribution in [0.3, 0.4) is 0 Å². The Morgan fingerprint density at radius 3 is 1.63 bits per heavy atom. The van der Waals surface area contributed by atoms with Crippen molar-refractivity contribution in [1.29, 1.82) is 0 Å². The molecule has 0 atom stereocenters. The van der Waals surface area contributed by atoms with Gasteiger partial charge < -0.3 is 34.7 Å². The highest BCUT2D eigenvalue weighted by Gasteiger charge is 2.19. The van der Waals surface area contributed by atoms with Gasteiger partial charge in [-0.15, -0.1) is 22.7 Å². The molecule has 0 fully saturated rings. The van der Waals surface area contributed by atoms with Gasteiger partial charge in [0.1, 0.15) is 10.0 Å². The molecule has 0 saturated heterocycles. The van der Waals surface area contributed by atoms with E-state index in [9.17, 15) is 14.4 Å². The molecule has 0 spiro atoms. The summed E-state index contributed by atoms with van der Waals surface area (Å²) in [6.45, 7) is 0. The van der Waals surface area contributed by atoms with E-state index in [0.29, 0.717) is 44.8 Å². The highest BCUT2D eigenvalue weighted by molar-refractivity contribution is 7.22. The number of hydrogen-bond acceptors (Lipinski definition) is 15. The van der Waals surface area contributed by atoms with Crippen molar-refractivity contribution < 1.29 is 38.1 Å². The molecule has 0 radical (unpaired) electrons. The van der Waals surface area contributed by atoms with Crippen LogP contribution in [0.4, 0.5) is 11.4 Å². The fraction of sp³-hybridized carbons (Fsp3) is 0.132. The van der Waals surface area contributed by atoms with Crippen LogP contribution in [-0.4, -0.2) is 73.3 Å². The topological polar surface area (TPSA) is 187 Å². The van der Waals surface area contributed by atoms with Gasteiger partial charge in [-0.25, -0.2) is 19.6 Å². The summed E-state index contributed by atoms with van der Waals surface area (Å²) in [5.74, 6) is -0.310. The van der Waals surface area contributed by atoms with Crippen molar-refractivity contribution in [3.8, 4) is 38.4 Å². The number of benzene rings is 3. The Hall–Kier alpha value is -6.65. The molecule has 0 bridgehead atoms. The van der Waals surface area contributed by atoms with Crippen molar-refractivity contribution in [3.05, 3.63) is 102 Å². The molecule has 0 aliphatic carbocycles. The van der Waals surface area contributed by atoms with Crippen LogP contribution < -0.4 is 25.3 Å². The van der Waals surface area contributed by atoms with Gasteiger partial charge in [0, 0.05) is 52.9 Å². The Balaban J connectivity index is 0.000000210. The van der Waals surface area contributed by atoms with Gasteiger partial charge >= 0.3 is 11.9 Å². The van der Waals surface area contributed by atoms with Gasteiger partial charge in [-0.1, -0.05) is 0 Å². The number of rotatable bonds is 9. The molecule has 4 heterocycles. The molecule has 0 unspecified atom stereocenters. The summed E-state index contributed by atoms with van der Waals surface area (Å²) in [5.41, 5.74) is 10.8. The predicted octanol–water partition coefficient (Wildman–Crippen LogP) is 7.15. The lowest BCUT2D eigenvalue weighted by atomic mass is 10.1. The normalized spacial score (nSPS) is 10.6. The number of thiazole rings is 2. The highest BCUT2D eigenvalue weighted by Crippen LogP contribution is 2.39. The van der Waals surface area contributed by atoms with E-state index < -0.39 is 17.8 Å². The summed E-state index contributed by atoms with van der Waals surface area (Å²) in [6.07, 6.45) is 6.86. The Labute approximate surface area is 316 Å². The summed E-state index contributed by atoms with van der Waals surface area (Å²) in [6, 6.07) is 16.8. The first kappa shape index (κ1) is 37.1. The standard InChI is InChI=1S/C24H21N3O6S.C14H11N3O2S/c1-30-18-10-13(11-19(31-2)21(18)32-3)22(28)26-16-8-14(7-15(9-16)24(29)33-4)23-27-17-5-6-25-12-20(17)34-23;1-19-14(18)9-4-8(5-10(15)6-9)13-17-11-2-3-16-7-12(11)20-13/h5-12H,1-4H3,(H,26,28);2-7H,15H2,1H3. The maximum absolute atomic E-state index is 13.1. The fourth-order valence-electron chi connectivity index (χ4n) is 5.29. The largest absolute Gasteiger partial charge is 0.493 e. The number of pyridine rings is 2. The number of hydrogen-bond donors (Lipinski definition) is 2. The third kappa shape index (κ3) is 8.04. The zero-order valence-corrected chi connectivity index (χ0v) is 31.2. The molecule has 1 amide bonds. The Morgan fingerprint density at radius 2 is 1.15 bits per heavy atom. The maximum Gasteiger partial charge on any atom is 0.337 e. The smallest absolute Gasteiger partial charge is 0.337 e. The molecular formula is C38H32N6O8S2. The second kappa shape index (κ2) is 16.4. The summed E-state index contributed by atoms with van der Waals surface area (Å²) >= 11 is 2.94. The van der Waals surface area contributed by atoms with E-state index in [1.165, 1.54) is 58.2 Å². The zero-order chi connectivity index (χ0) is 38.4. The third-order valence-corrected chi connectivity index (χ3v) is 9.90. The molecule has 274 valence electrons. The van der Waals surface area contributed by atoms with Gasteiger partial charge in [-0.3, -0.25) is 14.8 Å². The number of ether oxygens (including phenoxy) is 5. The van der Waals surface area contributed by atoms with Gasteiger partial charge in [0.15, 0.2) is 11.5 Å². The minimum atomic E-state index is -0.534. The van der Waals surface area contributed by atoms with Crippen LogP contribution >= 0.6 is 22.7 Å². The molecule has 3 aromatic carbocycles. The van der Waals surface area contributed by atoms with Crippen LogP contribution in [0.15, 0.2) is 85.5 Å². The number of methoxy groups -OCH3 is 5. The number of anilines is 2. The second-order valence-corrected chi connectivity index (χ2v) is 13.3. The number of nitrogens with one attached hydrogen (secondary N) is 1. The van der Waals surface area contributed by atoms with Gasteiger partial charge in [0.25, 0.3) is 5.91 Å². The second-order valence-electron chi connectivity index (χ2n) is 11.2. The summed E-state index contributed by atoms with van der Waals surface area (Å²) in [5, 5.41) is 4.30. The predicted molar refractivity (Wildman–Crippen MR) is 207 cm³/mol. The lowest BCUT2D eigenvalue weighted by Crippen LogP contribution is -2.13. The van der Waals surface area contributed by atoms with E-state index >= 15 is 0 Å². The zero-order valence-electron chi connectivity index (χ0n) is 29.5. The van der Waals surface area contributed by atoms with E-state index in [4.69, 9.17) is 29.4 Å². The number of carbonyl (C=O) groups is 3. The van der Waals surface area contributed by atoms with Crippen molar-refractivity contribution in [3.63, 3.8) is 0 Å². The first-order valence-electron chi connectivity index (χ1n) is 15.9. The van der Waals surface area contributed by atoms with Crippen LogP contribution in [-0.2, 0) is 9.47 Å². The minimum absolute atomic E-state index is 0.276. The molecule has 3 N–H and O–H groups in total. The average molecular weight is 765 g/mol. The van der Waals surface area contributed by atoms with E-state index in [2.05, 4.69) is 25.3 Å². The number of fused-ring (bicyclic) bond motifs is 2. The molecule has 4 aromatic heterocycles. The van der Waals surface area contributed by atoms with Crippen LogP contribution in [0.25, 0.3) is 41.6 Å². The van der Waals surface area contributed by atoms with Crippen LogP contribution in [0.5, 0.6) is 17.2 Å². The van der Waals surface area contributed by atoms with Crippen LogP contribution in [0.1, 0.15) is 31.1 Å². The lowest BCUT2D eigenvalue weighted by Gasteiger charge is -2.14. The van der Waals surface area contributed by atoms with Crippen molar-refractivity contribution in [2.45, 2.75) is 0 Å². The Bertz CT molecular complexity index is 2430. The summed E-state index contributed by atoms with van der Waals surface area (Å²) < 4.78 is 27.5. The number of carbonyl (C=O) groups excluding carboxylic acids is 3. The molecule has 16 heteroatoms. The average Bonchev–Trinajstić information content (AvgIpc) is 3.85. The number of amides is 1. The lowest BCUT2D eigenvalue weighted by molar-refractivity contribution is 0.0592. The highest BCUT2D eigenvalue weighted by atomic mass is 32.1. The third-order valence-electron chi connectivity index (χ3n) is 7.79. The van der Waals surface area contributed by atoms with Gasteiger partial charge in [-0.05, 0) is 60.7 Å². The molecule has 0 aliphatic rings. The molecule has 7 aromatic rings. The van der Waals surface area contributed by atoms with Crippen molar-refractivity contribution in [2.24, 2.45) is 0 Å². The van der Waals surface area contributed by atoms with E-state index in [-0.39, 0.29) is 11.1 Å². The van der Waals surface area contributed by atoms with Crippen LogP contribution in [0, 0.1) is 0 Å². The number of nitrogens with two attached hydrogens (primary N) is 1. The molecule has 0 aliphatic heterocycles. The van der Waals surface area contributed by atoms with E-state index in [1.807, 2.05) is 12.1 Å². The van der Waals surface area contributed by atoms with Crippen molar-refractivity contribution in [2.75, 3.05) is 46.6 Å². The van der Waals surface area contributed by atoms with Gasteiger partial charge in [0.05, 0.1) is 67.1 Å². The number of nitrogen functional groups attached to an aromatic ring is 1. The van der Waals surface area contributed by atoms with Crippen molar-refractivity contribution in [1.82, 2.24) is 19.9 Å². The van der Waals surface area contributed by atoms with Crippen LogP contribution in [0.2, 0.25) is 0 Å². The van der Waals surface area contributed by atoms with E-state index in [0.717, 1.165) is 31.0 Å². The first-order valence-corrected chi connectivity index (χ1v) is 17.5. The van der Waals surface area contributed by atoms with Gasteiger partial charge in [0.2, 0.25) is 5.75 Å². The molecule has 7 rings (SSSR count). The minimum Gasteiger partial charge on any atom is -0.493 e. The molecule has 0 saturated carbocycles. The SMILES string of the molecule is COC(=O)c1cc(N)cc(-c2nc3ccncc3s2)c1.COC(=O)c1cc(NC(=O)c2cc(OC)c(OC)c(OC)c2)cc(-c2nc3ccncc3s2)c1. The van der Waals surface area contributed by atoms with Gasteiger partial charge in [-0.2, -0.15) is 0 Å². The molecule has 54 heavy (non-hydrogen) atoms. The maximum atomic E-state index is 13.1. The number of nitrogens with zero attached hydrogens (tertiary/aromatic N) is 4. The first-order chi connectivity index (χ1) is 26.1.